The molecule has 1 aliphatic rings. The normalized spacial score (nSPS) is 14.2. The fourth-order valence-electron chi connectivity index (χ4n) is 2.64. The second kappa shape index (κ2) is 10.3. The first-order valence-electron chi connectivity index (χ1n) is 8.84. The van der Waals surface area contributed by atoms with E-state index in [1.807, 2.05) is 25.1 Å². The number of methoxy groups -OCH3 is 1. The predicted octanol–water partition coefficient (Wildman–Crippen LogP) is 1.59. The standard InChI is InChI=1S/C19H28N4O3/c1-4-21-18(24)13-26-16-10-9-14(11-17(16)25-3)12-22-19(20-2)23-15-7-5-6-8-15/h5-6,9-11,15H,4,7-8,12-13H2,1-3H3,(H,21,24)(H2,20,22,23). The predicted molar refractivity (Wildman–Crippen MR) is 103 cm³/mol. The van der Waals surface area contributed by atoms with Crippen molar-refractivity contribution >= 4 is 11.9 Å². The molecule has 0 saturated heterocycles. The Morgan fingerprint density at radius 1 is 1.23 bits per heavy atom. The van der Waals surface area contributed by atoms with Crippen molar-refractivity contribution in [3.8, 4) is 11.5 Å². The molecule has 0 atom stereocenters. The molecule has 1 aliphatic carbocycles. The monoisotopic (exact) mass is 360 g/mol. The first-order valence-corrected chi connectivity index (χ1v) is 8.84. The lowest BCUT2D eigenvalue weighted by atomic mass is 10.2. The van der Waals surface area contributed by atoms with E-state index in [0.29, 0.717) is 30.6 Å². The fraction of sp³-hybridized carbons (Fsp3) is 0.474. The average molecular weight is 360 g/mol. The summed E-state index contributed by atoms with van der Waals surface area (Å²) in [7, 11) is 3.34. The Hall–Kier alpha value is -2.70. The summed E-state index contributed by atoms with van der Waals surface area (Å²) in [6.45, 7) is 3.02. The number of hydrogen-bond donors (Lipinski definition) is 3. The summed E-state index contributed by atoms with van der Waals surface area (Å²) in [6, 6.07) is 6.05. The Morgan fingerprint density at radius 2 is 2.00 bits per heavy atom. The van der Waals surface area contributed by atoms with E-state index in [4.69, 9.17) is 9.47 Å². The van der Waals surface area contributed by atoms with Gasteiger partial charge in [-0.25, -0.2) is 0 Å². The number of guanidine groups is 1. The molecule has 0 bridgehead atoms. The zero-order valence-corrected chi connectivity index (χ0v) is 15.7. The molecule has 0 spiro atoms. The van der Waals surface area contributed by atoms with E-state index in [1.165, 1.54) is 0 Å². The molecule has 0 fully saturated rings. The molecule has 0 heterocycles. The van der Waals surface area contributed by atoms with Crippen LogP contribution in [0.25, 0.3) is 0 Å². The van der Waals surface area contributed by atoms with E-state index in [2.05, 4.69) is 33.1 Å². The molecule has 26 heavy (non-hydrogen) atoms. The number of aliphatic imine (C=N–C) groups is 1. The van der Waals surface area contributed by atoms with E-state index in [1.54, 1.807) is 14.2 Å². The van der Waals surface area contributed by atoms with Gasteiger partial charge < -0.3 is 25.4 Å². The van der Waals surface area contributed by atoms with Crippen LogP contribution in [-0.4, -0.2) is 45.2 Å². The molecule has 1 aromatic rings. The molecule has 3 N–H and O–H groups in total. The van der Waals surface area contributed by atoms with Crippen LogP contribution in [0.2, 0.25) is 0 Å². The highest BCUT2D eigenvalue weighted by molar-refractivity contribution is 5.80. The Kier molecular flexibility index (Phi) is 7.79. The van der Waals surface area contributed by atoms with Gasteiger partial charge in [-0.3, -0.25) is 9.79 Å². The van der Waals surface area contributed by atoms with E-state index in [0.717, 1.165) is 24.4 Å². The molecule has 142 valence electrons. The summed E-state index contributed by atoms with van der Waals surface area (Å²) in [6.07, 6.45) is 6.39. The number of nitrogens with one attached hydrogen (secondary N) is 3. The minimum atomic E-state index is -0.156. The maximum Gasteiger partial charge on any atom is 0.257 e. The van der Waals surface area contributed by atoms with Crippen LogP contribution in [0.4, 0.5) is 0 Å². The van der Waals surface area contributed by atoms with Crippen LogP contribution in [-0.2, 0) is 11.3 Å². The molecule has 0 aliphatic heterocycles. The van der Waals surface area contributed by atoms with Gasteiger partial charge in [0.1, 0.15) is 0 Å². The lowest BCUT2D eigenvalue weighted by Crippen LogP contribution is -2.42. The number of carbonyl (C=O) groups excluding carboxylic acids is 1. The molecule has 1 aromatic carbocycles. The smallest absolute Gasteiger partial charge is 0.257 e. The van der Waals surface area contributed by atoms with Gasteiger partial charge in [0.2, 0.25) is 0 Å². The summed E-state index contributed by atoms with van der Waals surface area (Å²) in [4.78, 5) is 15.8. The maximum absolute atomic E-state index is 11.5. The molecule has 1 amide bonds. The summed E-state index contributed by atoms with van der Waals surface area (Å²) >= 11 is 0. The van der Waals surface area contributed by atoms with Gasteiger partial charge in [0.25, 0.3) is 5.91 Å². The van der Waals surface area contributed by atoms with Crippen LogP contribution in [0, 0.1) is 0 Å². The third-order valence-corrected chi connectivity index (χ3v) is 3.99. The van der Waals surface area contributed by atoms with Gasteiger partial charge in [-0.1, -0.05) is 18.2 Å². The van der Waals surface area contributed by atoms with Gasteiger partial charge in [0.15, 0.2) is 24.1 Å². The lowest BCUT2D eigenvalue weighted by Gasteiger charge is -2.17. The highest BCUT2D eigenvalue weighted by atomic mass is 16.5. The van der Waals surface area contributed by atoms with Gasteiger partial charge >= 0.3 is 0 Å². The van der Waals surface area contributed by atoms with E-state index in [-0.39, 0.29) is 12.5 Å². The lowest BCUT2D eigenvalue weighted by molar-refractivity contribution is -0.123. The van der Waals surface area contributed by atoms with Crippen LogP contribution >= 0.6 is 0 Å². The largest absolute Gasteiger partial charge is 0.493 e. The van der Waals surface area contributed by atoms with Gasteiger partial charge in [-0.05, 0) is 37.5 Å². The zero-order valence-electron chi connectivity index (χ0n) is 15.7. The van der Waals surface area contributed by atoms with Crippen molar-refractivity contribution in [3.05, 3.63) is 35.9 Å². The molecule has 2 rings (SSSR count). The second-order valence-corrected chi connectivity index (χ2v) is 5.94. The highest BCUT2D eigenvalue weighted by Gasteiger charge is 2.12. The number of amides is 1. The summed E-state index contributed by atoms with van der Waals surface area (Å²) < 4.78 is 10.9. The van der Waals surface area contributed by atoms with Crippen LogP contribution in [0.1, 0.15) is 25.3 Å². The quantitative estimate of drug-likeness (QED) is 0.373. The van der Waals surface area contributed by atoms with Gasteiger partial charge in [0.05, 0.1) is 7.11 Å². The number of benzene rings is 1. The summed E-state index contributed by atoms with van der Waals surface area (Å²) in [5.74, 6) is 1.75. The Balaban J connectivity index is 1.89. The summed E-state index contributed by atoms with van der Waals surface area (Å²) in [5.41, 5.74) is 1.03. The topological polar surface area (TPSA) is 84.0 Å². The van der Waals surface area contributed by atoms with Crippen molar-refractivity contribution in [2.24, 2.45) is 4.99 Å². The highest BCUT2D eigenvalue weighted by Crippen LogP contribution is 2.28. The number of rotatable bonds is 8. The van der Waals surface area contributed by atoms with E-state index < -0.39 is 0 Å². The minimum Gasteiger partial charge on any atom is -0.493 e. The molecule has 0 radical (unpaired) electrons. The van der Waals surface area contributed by atoms with Crippen molar-refractivity contribution in [2.45, 2.75) is 32.4 Å². The Bertz CT molecular complexity index is 650. The molecule has 7 nitrogen and oxygen atoms in total. The van der Waals surface area contributed by atoms with Crippen LogP contribution in [0.15, 0.2) is 35.3 Å². The number of hydrogen-bond acceptors (Lipinski definition) is 4. The average Bonchev–Trinajstić information content (AvgIpc) is 3.17. The SMILES string of the molecule is CCNC(=O)COc1ccc(CNC(=NC)NC2CC=CC2)cc1OC. The van der Waals surface area contributed by atoms with Crippen LogP contribution in [0.3, 0.4) is 0 Å². The summed E-state index contributed by atoms with van der Waals surface area (Å²) in [5, 5.41) is 9.39. The third kappa shape index (κ3) is 5.98. The molecular weight excluding hydrogens is 332 g/mol. The van der Waals surface area contributed by atoms with Crippen molar-refractivity contribution in [1.29, 1.82) is 0 Å². The van der Waals surface area contributed by atoms with Crippen LogP contribution < -0.4 is 25.4 Å². The van der Waals surface area contributed by atoms with Crippen molar-refractivity contribution in [3.63, 3.8) is 0 Å². The van der Waals surface area contributed by atoms with Crippen molar-refractivity contribution in [2.75, 3.05) is 27.3 Å². The number of carbonyl (C=O) groups is 1. The fourth-order valence-corrected chi connectivity index (χ4v) is 2.64. The van der Waals surface area contributed by atoms with Crippen LogP contribution in [0.5, 0.6) is 11.5 Å². The minimum absolute atomic E-state index is 0.0339. The molecule has 0 unspecified atom stereocenters. The molecule has 0 aromatic heterocycles. The van der Waals surface area contributed by atoms with Gasteiger partial charge in [-0.15, -0.1) is 0 Å². The number of likely N-dealkylation sites (N-methyl/N-ethyl adjacent to an activating group) is 1. The third-order valence-electron chi connectivity index (χ3n) is 3.99. The second-order valence-electron chi connectivity index (χ2n) is 5.94. The molecule has 7 heteroatoms. The van der Waals surface area contributed by atoms with Gasteiger partial charge in [-0.2, -0.15) is 0 Å². The molecular formula is C19H28N4O3. The molecule has 0 saturated carbocycles. The Morgan fingerprint density at radius 3 is 2.65 bits per heavy atom. The number of nitrogens with zero attached hydrogens (tertiary/aromatic N) is 1. The first kappa shape index (κ1) is 19.6. The van der Waals surface area contributed by atoms with Crippen molar-refractivity contribution < 1.29 is 14.3 Å². The first-order chi connectivity index (χ1) is 12.7. The van der Waals surface area contributed by atoms with E-state index in [9.17, 15) is 4.79 Å². The maximum atomic E-state index is 11.5. The van der Waals surface area contributed by atoms with Gasteiger partial charge in [0, 0.05) is 26.2 Å². The number of ether oxygens (including phenoxy) is 2. The zero-order chi connectivity index (χ0) is 18.8. The van der Waals surface area contributed by atoms with Crippen molar-refractivity contribution in [1.82, 2.24) is 16.0 Å². The van der Waals surface area contributed by atoms with E-state index >= 15 is 0 Å². The Labute approximate surface area is 154 Å².